The van der Waals surface area contributed by atoms with Crippen LogP contribution in [0.2, 0.25) is 0 Å². The third-order valence-corrected chi connectivity index (χ3v) is 4.86. The van der Waals surface area contributed by atoms with Crippen LogP contribution in [0.1, 0.15) is 35.2 Å². The standard InChI is InChI=1S/C18H15FINO3/c1-10-8-14(22)18-15(7-6-11(19)17(10)18)24-9-16(23)21-13-5-3-2-4-12(13)20/h2-7,10H,8-9H2,1H3,(H,21,23)/t10-/m1/s1. The van der Waals surface area contributed by atoms with Crippen LogP contribution >= 0.6 is 22.6 Å². The van der Waals surface area contributed by atoms with E-state index in [1.54, 1.807) is 13.0 Å². The average molecular weight is 439 g/mol. The molecule has 4 nitrogen and oxygen atoms in total. The van der Waals surface area contributed by atoms with Gasteiger partial charge in [-0.2, -0.15) is 0 Å². The van der Waals surface area contributed by atoms with Crippen molar-refractivity contribution in [2.24, 2.45) is 0 Å². The predicted octanol–water partition coefficient (Wildman–Crippen LogP) is 4.14. The summed E-state index contributed by atoms with van der Waals surface area (Å²) in [5, 5.41) is 2.75. The van der Waals surface area contributed by atoms with E-state index >= 15 is 0 Å². The minimum Gasteiger partial charge on any atom is -0.483 e. The van der Waals surface area contributed by atoms with Crippen LogP contribution in [0.4, 0.5) is 10.1 Å². The molecule has 24 heavy (non-hydrogen) atoms. The fraction of sp³-hybridized carbons (Fsp3) is 0.222. The summed E-state index contributed by atoms with van der Waals surface area (Å²) in [7, 11) is 0. The second-order valence-electron chi connectivity index (χ2n) is 5.68. The molecule has 0 aromatic heterocycles. The SMILES string of the molecule is C[C@@H]1CC(=O)c2c(OCC(=O)Nc3ccccc3I)ccc(F)c21. The van der Waals surface area contributed by atoms with Gasteiger partial charge in [0.05, 0.1) is 11.3 Å². The second kappa shape index (κ2) is 6.88. The number of rotatable bonds is 4. The van der Waals surface area contributed by atoms with Crippen LogP contribution in [-0.4, -0.2) is 18.3 Å². The molecule has 6 heteroatoms. The molecule has 0 spiro atoms. The van der Waals surface area contributed by atoms with Gasteiger partial charge in [-0.3, -0.25) is 9.59 Å². The Morgan fingerprint density at radius 1 is 1.33 bits per heavy atom. The highest BCUT2D eigenvalue weighted by Crippen LogP contribution is 2.39. The van der Waals surface area contributed by atoms with Crippen LogP contribution in [0.3, 0.4) is 0 Å². The quantitative estimate of drug-likeness (QED) is 0.729. The number of halogens is 2. The molecule has 0 saturated heterocycles. The van der Waals surface area contributed by atoms with Crippen LogP contribution in [0, 0.1) is 9.39 Å². The Labute approximate surface area is 152 Å². The van der Waals surface area contributed by atoms with Crippen molar-refractivity contribution < 1.29 is 18.7 Å². The molecule has 1 aliphatic rings. The van der Waals surface area contributed by atoms with E-state index in [-0.39, 0.29) is 41.9 Å². The summed E-state index contributed by atoms with van der Waals surface area (Å²) in [6.45, 7) is 1.56. The van der Waals surface area contributed by atoms with Crippen LogP contribution in [0.5, 0.6) is 5.75 Å². The van der Waals surface area contributed by atoms with Gasteiger partial charge in [-0.15, -0.1) is 0 Å². The number of fused-ring (bicyclic) bond motifs is 1. The van der Waals surface area contributed by atoms with Crippen molar-refractivity contribution in [3.8, 4) is 5.75 Å². The normalized spacial score (nSPS) is 16.0. The number of hydrogen-bond donors (Lipinski definition) is 1. The van der Waals surface area contributed by atoms with Gasteiger partial charge in [-0.25, -0.2) is 4.39 Å². The van der Waals surface area contributed by atoms with E-state index in [1.807, 2.05) is 18.2 Å². The number of hydrogen-bond acceptors (Lipinski definition) is 3. The summed E-state index contributed by atoms with van der Waals surface area (Å²) < 4.78 is 20.3. The molecule has 0 aliphatic heterocycles. The van der Waals surface area contributed by atoms with E-state index in [0.717, 1.165) is 3.57 Å². The van der Waals surface area contributed by atoms with Crippen LogP contribution in [0.25, 0.3) is 0 Å². The number of carbonyl (C=O) groups is 2. The molecule has 1 atom stereocenters. The molecule has 1 amide bonds. The minimum atomic E-state index is -0.404. The molecule has 0 unspecified atom stereocenters. The number of benzene rings is 2. The molecule has 0 saturated carbocycles. The minimum absolute atomic E-state index is 0.148. The van der Waals surface area contributed by atoms with E-state index < -0.39 is 5.82 Å². The molecular weight excluding hydrogens is 424 g/mol. The molecule has 1 N–H and O–H groups in total. The number of nitrogens with one attached hydrogen (secondary N) is 1. The van der Waals surface area contributed by atoms with Gasteiger partial charge in [0.2, 0.25) is 0 Å². The number of amides is 1. The zero-order valence-corrected chi connectivity index (χ0v) is 15.1. The monoisotopic (exact) mass is 439 g/mol. The van der Waals surface area contributed by atoms with E-state index in [9.17, 15) is 14.0 Å². The summed E-state index contributed by atoms with van der Waals surface area (Å²) in [6.07, 6.45) is 0.265. The maximum absolute atomic E-state index is 13.9. The Morgan fingerprint density at radius 2 is 2.08 bits per heavy atom. The largest absolute Gasteiger partial charge is 0.483 e. The first kappa shape index (κ1) is 16.9. The molecule has 0 radical (unpaired) electrons. The van der Waals surface area contributed by atoms with Gasteiger partial charge in [0.1, 0.15) is 11.6 Å². The highest BCUT2D eigenvalue weighted by atomic mass is 127. The Morgan fingerprint density at radius 3 is 2.83 bits per heavy atom. The van der Waals surface area contributed by atoms with Gasteiger partial charge in [-0.05, 0) is 52.8 Å². The fourth-order valence-corrected chi connectivity index (χ4v) is 3.36. The third-order valence-electron chi connectivity index (χ3n) is 3.92. The zero-order valence-electron chi connectivity index (χ0n) is 12.9. The lowest BCUT2D eigenvalue weighted by molar-refractivity contribution is -0.118. The van der Waals surface area contributed by atoms with Crippen molar-refractivity contribution in [1.82, 2.24) is 0 Å². The Balaban J connectivity index is 1.73. The third kappa shape index (κ3) is 3.28. The second-order valence-corrected chi connectivity index (χ2v) is 6.84. The molecule has 0 fully saturated rings. The molecule has 0 heterocycles. The van der Waals surface area contributed by atoms with E-state index in [4.69, 9.17) is 4.74 Å². The highest BCUT2D eigenvalue weighted by molar-refractivity contribution is 14.1. The van der Waals surface area contributed by atoms with E-state index in [0.29, 0.717) is 11.3 Å². The van der Waals surface area contributed by atoms with Crippen molar-refractivity contribution in [3.05, 3.63) is 56.9 Å². The first-order valence-electron chi connectivity index (χ1n) is 7.50. The highest BCUT2D eigenvalue weighted by Gasteiger charge is 2.32. The molecule has 0 bridgehead atoms. The molecule has 124 valence electrons. The molecular formula is C18H15FINO3. The number of anilines is 1. The van der Waals surface area contributed by atoms with Crippen molar-refractivity contribution in [1.29, 1.82) is 0 Å². The number of para-hydroxylation sites is 1. The number of carbonyl (C=O) groups excluding carboxylic acids is 2. The summed E-state index contributed by atoms with van der Waals surface area (Å²) in [5.41, 5.74) is 1.35. The zero-order chi connectivity index (χ0) is 17.3. The van der Waals surface area contributed by atoms with Gasteiger partial charge >= 0.3 is 0 Å². The van der Waals surface area contributed by atoms with Crippen molar-refractivity contribution in [2.45, 2.75) is 19.3 Å². The smallest absolute Gasteiger partial charge is 0.262 e. The Hall–Kier alpha value is -1.96. The maximum Gasteiger partial charge on any atom is 0.262 e. The van der Waals surface area contributed by atoms with Crippen molar-refractivity contribution in [2.75, 3.05) is 11.9 Å². The van der Waals surface area contributed by atoms with Gasteiger partial charge < -0.3 is 10.1 Å². The maximum atomic E-state index is 13.9. The lowest BCUT2D eigenvalue weighted by Crippen LogP contribution is -2.21. The van der Waals surface area contributed by atoms with Crippen molar-refractivity contribution in [3.63, 3.8) is 0 Å². The van der Waals surface area contributed by atoms with Crippen LogP contribution in [0.15, 0.2) is 36.4 Å². The number of ketones is 1. The number of Topliss-reactive ketones (excluding diaryl/α,β-unsaturated/α-hetero) is 1. The summed E-state index contributed by atoms with van der Waals surface area (Å²) in [5.74, 6) is -0.797. The summed E-state index contributed by atoms with van der Waals surface area (Å²) >= 11 is 2.12. The van der Waals surface area contributed by atoms with Gasteiger partial charge in [0.15, 0.2) is 12.4 Å². The van der Waals surface area contributed by atoms with Crippen LogP contribution < -0.4 is 10.1 Å². The van der Waals surface area contributed by atoms with Gasteiger partial charge in [0.25, 0.3) is 5.91 Å². The van der Waals surface area contributed by atoms with E-state index in [1.165, 1.54) is 12.1 Å². The first-order chi connectivity index (χ1) is 11.5. The number of ether oxygens (including phenoxy) is 1. The Bertz CT molecular complexity index is 822. The molecule has 2 aromatic rings. The average Bonchev–Trinajstić information content (AvgIpc) is 2.85. The van der Waals surface area contributed by atoms with Gasteiger partial charge in [-0.1, -0.05) is 19.1 Å². The van der Waals surface area contributed by atoms with Crippen molar-refractivity contribution >= 4 is 40.0 Å². The Kier molecular flexibility index (Phi) is 4.84. The van der Waals surface area contributed by atoms with Crippen LogP contribution in [-0.2, 0) is 4.79 Å². The topological polar surface area (TPSA) is 55.4 Å². The van der Waals surface area contributed by atoms with E-state index in [2.05, 4.69) is 27.9 Å². The molecule has 2 aromatic carbocycles. The molecule has 3 rings (SSSR count). The first-order valence-corrected chi connectivity index (χ1v) is 8.58. The predicted molar refractivity (Wildman–Crippen MR) is 97.0 cm³/mol. The summed E-state index contributed by atoms with van der Waals surface area (Å²) in [4.78, 5) is 24.1. The molecule has 1 aliphatic carbocycles. The van der Waals surface area contributed by atoms with Gasteiger partial charge in [0, 0.05) is 15.6 Å². The lowest BCUT2D eigenvalue weighted by Gasteiger charge is -2.12. The fourth-order valence-electron chi connectivity index (χ4n) is 2.84. The summed E-state index contributed by atoms with van der Waals surface area (Å²) in [6, 6.07) is 10.1. The lowest BCUT2D eigenvalue weighted by atomic mass is 10.0.